The third-order valence-electron chi connectivity index (χ3n) is 4.14. The lowest BCUT2D eigenvalue weighted by molar-refractivity contribution is 0.638. The van der Waals surface area contributed by atoms with Crippen LogP contribution in [0.1, 0.15) is 12.8 Å². The number of anilines is 1. The maximum atomic E-state index is 6.01. The molecule has 0 atom stereocenters. The van der Waals surface area contributed by atoms with Gasteiger partial charge >= 0.3 is 0 Å². The second-order valence-electron chi connectivity index (χ2n) is 5.89. The highest BCUT2D eigenvalue weighted by Crippen LogP contribution is 2.35. The molecule has 0 saturated carbocycles. The summed E-state index contributed by atoms with van der Waals surface area (Å²) in [6.45, 7) is 0.741. The Morgan fingerprint density at radius 2 is 1.96 bits per heavy atom. The number of nitrogens with zero attached hydrogens (tertiary/aromatic N) is 4. The van der Waals surface area contributed by atoms with Gasteiger partial charge in [0.15, 0.2) is 22.5 Å². The Balaban J connectivity index is 1.71. The Labute approximate surface area is 156 Å². The first-order chi connectivity index (χ1) is 12.8. The summed E-state index contributed by atoms with van der Waals surface area (Å²) in [6, 6.07) is 14.5. The number of imidazole rings is 1. The summed E-state index contributed by atoms with van der Waals surface area (Å²) in [7, 11) is 0. The zero-order valence-corrected chi connectivity index (χ0v) is 14.9. The van der Waals surface area contributed by atoms with Crippen LogP contribution >= 0.6 is 11.8 Å². The molecule has 0 amide bonds. The lowest BCUT2D eigenvalue weighted by Crippen LogP contribution is -2.08. The molecule has 0 fully saturated rings. The van der Waals surface area contributed by atoms with E-state index in [1.165, 1.54) is 22.5 Å². The van der Waals surface area contributed by atoms with Crippen molar-refractivity contribution in [2.24, 2.45) is 0 Å². The molecule has 0 bridgehead atoms. The van der Waals surface area contributed by atoms with Crippen LogP contribution in [0.4, 0.5) is 5.82 Å². The highest BCUT2D eigenvalue weighted by molar-refractivity contribution is 7.99. The molecule has 2 heterocycles. The van der Waals surface area contributed by atoms with Crippen LogP contribution in [0.3, 0.4) is 0 Å². The zero-order valence-electron chi connectivity index (χ0n) is 14.1. The van der Waals surface area contributed by atoms with E-state index in [2.05, 4.69) is 40.2 Å². The van der Waals surface area contributed by atoms with E-state index in [0.29, 0.717) is 23.1 Å². The van der Waals surface area contributed by atoms with Gasteiger partial charge in [0.05, 0.1) is 6.33 Å². The first-order valence-electron chi connectivity index (χ1n) is 8.33. The van der Waals surface area contributed by atoms with Crippen molar-refractivity contribution in [1.82, 2.24) is 19.5 Å². The second kappa shape index (κ2) is 7.06. The van der Waals surface area contributed by atoms with Crippen molar-refractivity contribution in [2.75, 3.05) is 5.73 Å². The van der Waals surface area contributed by atoms with Crippen LogP contribution in [-0.2, 0) is 6.54 Å². The molecule has 2 aliphatic rings. The lowest BCUT2D eigenvalue weighted by atomic mass is 10.1. The molecule has 0 radical (unpaired) electrons. The number of aromatic nitrogens is 4. The lowest BCUT2D eigenvalue weighted by Gasteiger charge is -2.09. The Kier molecular flexibility index (Phi) is 4.46. The van der Waals surface area contributed by atoms with Gasteiger partial charge in [-0.1, -0.05) is 36.4 Å². The van der Waals surface area contributed by atoms with Crippen molar-refractivity contribution in [3.8, 4) is 23.9 Å². The number of hydrogen-bond acceptors (Lipinski definition) is 5. The summed E-state index contributed by atoms with van der Waals surface area (Å²) < 4.78 is 1.96. The van der Waals surface area contributed by atoms with Gasteiger partial charge in [0.1, 0.15) is 0 Å². The van der Waals surface area contributed by atoms with Gasteiger partial charge < -0.3 is 10.3 Å². The highest BCUT2D eigenvalue weighted by Gasteiger charge is 2.19. The fraction of sp³-hybridized carbons (Fsp3) is 0.150. The number of rotatable bonds is 5. The van der Waals surface area contributed by atoms with Crippen molar-refractivity contribution in [3.05, 3.63) is 48.8 Å². The Morgan fingerprint density at radius 3 is 2.85 bits per heavy atom. The summed E-state index contributed by atoms with van der Waals surface area (Å²) >= 11 is 1.54. The van der Waals surface area contributed by atoms with Crippen LogP contribution in [-0.4, -0.2) is 19.5 Å². The van der Waals surface area contributed by atoms with Gasteiger partial charge in [0.2, 0.25) is 0 Å². The number of fused-ring (bicyclic) bond motifs is 2. The monoisotopic (exact) mass is 359 g/mol. The standard InChI is InChI=1S/C20H17N5S/c1-2-3-6-12-25-13-22-18(21)17-19(25)24-20(23-17)26-16-11-7-9-14-8-4-5-10-15(14)16/h1,4-5,7-11,13H,3,6,12,21H2. The minimum absolute atomic E-state index is 0.394. The van der Waals surface area contributed by atoms with E-state index in [0.717, 1.165) is 23.7 Å². The van der Waals surface area contributed by atoms with Crippen molar-refractivity contribution in [1.29, 1.82) is 0 Å². The van der Waals surface area contributed by atoms with Gasteiger partial charge in [0.25, 0.3) is 0 Å². The fourth-order valence-electron chi connectivity index (χ4n) is 2.88. The van der Waals surface area contributed by atoms with Crippen LogP contribution in [0, 0.1) is 12.3 Å². The quantitative estimate of drug-likeness (QED) is 0.429. The van der Waals surface area contributed by atoms with Crippen molar-refractivity contribution >= 4 is 28.4 Å². The van der Waals surface area contributed by atoms with Gasteiger partial charge in [-0.2, -0.15) is 0 Å². The van der Waals surface area contributed by atoms with E-state index in [9.17, 15) is 0 Å². The molecular weight excluding hydrogens is 342 g/mol. The molecule has 6 heteroatoms. The Morgan fingerprint density at radius 1 is 1.12 bits per heavy atom. The first-order valence-corrected chi connectivity index (χ1v) is 9.15. The normalized spacial score (nSPS) is 11.0. The van der Waals surface area contributed by atoms with Gasteiger partial charge in [-0.3, -0.25) is 0 Å². The Hall–Kier alpha value is -3.04. The third kappa shape index (κ3) is 3.09. The van der Waals surface area contributed by atoms with Gasteiger partial charge in [-0.25, -0.2) is 15.0 Å². The van der Waals surface area contributed by atoms with E-state index in [1.54, 1.807) is 6.33 Å². The zero-order chi connectivity index (χ0) is 17.9. The topological polar surface area (TPSA) is 69.6 Å². The maximum absolute atomic E-state index is 6.01. The number of terminal acetylenes is 1. The molecule has 26 heavy (non-hydrogen) atoms. The van der Waals surface area contributed by atoms with Crippen molar-refractivity contribution in [2.45, 2.75) is 29.4 Å². The third-order valence-corrected chi connectivity index (χ3v) is 5.08. The molecule has 0 aromatic heterocycles. The largest absolute Gasteiger partial charge is 0.382 e. The minimum atomic E-state index is 0.394. The molecule has 2 aliphatic heterocycles. The van der Waals surface area contributed by atoms with Crippen molar-refractivity contribution < 1.29 is 0 Å². The van der Waals surface area contributed by atoms with Crippen LogP contribution in [0.15, 0.2) is 58.8 Å². The minimum Gasteiger partial charge on any atom is -0.382 e. The number of aryl methyl sites for hydroxylation is 1. The predicted molar refractivity (Wildman–Crippen MR) is 105 cm³/mol. The van der Waals surface area contributed by atoms with E-state index < -0.39 is 0 Å². The average Bonchev–Trinajstić information content (AvgIpc) is 3.09. The van der Waals surface area contributed by atoms with Gasteiger partial charge in [0, 0.05) is 17.9 Å². The molecule has 0 aliphatic carbocycles. The first kappa shape index (κ1) is 16.4. The summed E-state index contributed by atoms with van der Waals surface area (Å²) in [5.41, 5.74) is 6.64. The summed E-state index contributed by atoms with van der Waals surface area (Å²) in [4.78, 5) is 14.7. The van der Waals surface area contributed by atoms with Crippen LogP contribution in [0.2, 0.25) is 0 Å². The molecule has 4 rings (SSSR count). The fourth-order valence-corrected chi connectivity index (χ4v) is 3.79. The van der Waals surface area contributed by atoms with E-state index in [-0.39, 0.29) is 0 Å². The van der Waals surface area contributed by atoms with Crippen LogP contribution in [0.25, 0.3) is 22.3 Å². The molecule has 128 valence electrons. The number of benzene rings is 2. The number of unbranched alkanes of at least 4 members (excludes halogenated alkanes) is 1. The highest BCUT2D eigenvalue weighted by atomic mass is 32.2. The molecule has 5 nitrogen and oxygen atoms in total. The van der Waals surface area contributed by atoms with E-state index in [1.807, 2.05) is 22.8 Å². The molecule has 2 aromatic carbocycles. The van der Waals surface area contributed by atoms with Crippen molar-refractivity contribution in [3.63, 3.8) is 0 Å². The summed E-state index contributed by atoms with van der Waals surface area (Å²) in [5, 5.41) is 3.04. The smallest absolute Gasteiger partial charge is 0.195 e. The van der Waals surface area contributed by atoms with E-state index >= 15 is 0 Å². The van der Waals surface area contributed by atoms with Crippen LogP contribution < -0.4 is 5.73 Å². The van der Waals surface area contributed by atoms with Gasteiger partial charge in [-0.05, 0) is 35.0 Å². The number of nitrogen functional groups attached to an aromatic ring is 1. The number of nitrogens with two attached hydrogens (primary N) is 1. The summed E-state index contributed by atoms with van der Waals surface area (Å²) in [5.74, 6) is 3.80. The number of hydrogen-bond donors (Lipinski definition) is 1. The molecule has 0 spiro atoms. The second-order valence-corrected chi connectivity index (χ2v) is 6.90. The molecule has 2 aromatic rings. The van der Waals surface area contributed by atoms with E-state index in [4.69, 9.17) is 17.1 Å². The Bertz CT molecular complexity index is 1070. The molecular formula is C20H17N5S. The van der Waals surface area contributed by atoms with Crippen LogP contribution in [0.5, 0.6) is 0 Å². The molecule has 0 unspecified atom stereocenters. The average molecular weight is 359 g/mol. The SMILES string of the molecule is C#CCCCn1cnc(N)c2nc(Sc3cccc4ccccc34)nc1-2. The summed E-state index contributed by atoms with van der Waals surface area (Å²) in [6.07, 6.45) is 8.62. The molecule has 0 saturated heterocycles. The maximum Gasteiger partial charge on any atom is 0.195 e. The molecule has 2 N–H and O–H groups in total. The van der Waals surface area contributed by atoms with Gasteiger partial charge in [-0.15, -0.1) is 12.3 Å². The predicted octanol–water partition coefficient (Wildman–Crippen LogP) is 4.08.